The van der Waals surface area contributed by atoms with Crippen LogP contribution in [0.25, 0.3) is 0 Å². The summed E-state index contributed by atoms with van der Waals surface area (Å²) in [5.74, 6) is 0.619. The fraction of sp³-hybridized carbons (Fsp3) is 0.308. The molecular weight excluding hydrogens is 330 g/mol. The van der Waals surface area contributed by atoms with Gasteiger partial charge in [-0.15, -0.1) is 22.0 Å². The van der Waals surface area contributed by atoms with Gasteiger partial charge in [-0.05, 0) is 24.3 Å². The molecule has 0 aliphatic heterocycles. The number of rotatable bonds is 7. The molecule has 0 spiro atoms. The van der Waals surface area contributed by atoms with Crippen LogP contribution in [0.15, 0.2) is 29.2 Å². The summed E-state index contributed by atoms with van der Waals surface area (Å²) in [7, 11) is 1.59. The summed E-state index contributed by atoms with van der Waals surface area (Å²) >= 11 is 8.74. The molecule has 0 bridgehead atoms. The van der Waals surface area contributed by atoms with E-state index in [1.165, 1.54) is 11.3 Å². The Morgan fingerprint density at radius 2 is 2.14 bits per heavy atom. The van der Waals surface area contributed by atoms with Crippen LogP contribution in [0.3, 0.4) is 0 Å². The summed E-state index contributed by atoms with van der Waals surface area (Å²) < 4.78 is 4.95. The lowest BCUT2D eigenvalue weighted by atomic mass is 10.4. The highest BCUT2D eigenvalue weighted by molar-refractivity contribution is 7.99. The normalized spacial score (nSPS) is 10.6. The number of aromatic nitrogens is 2. The molecule has 21 heavy (non-hydrogen) atoms. The molecule has 0 unspecified atom stereocenters. The zero-order valence-corrected chi connectivity index (χ0v) is 13.7. The van der Waals surface area contributed by atoms with Crippen molar-refractivity contribution in [2.45, 2.75) is 17.9 Å². The molecule has 1 heterocycles. The molecule has 0 saturated heterocycles. The third-order valence-corrected chi connectivity index (χ3v) is 4.47. The van der Waals surface area contributed by atoms with Gasteiger partial charge in [0.15, 0.2) is 0 Å². The van der Waals surface area contributed by atoms with Gasteiger partial charge in [0.2, 0.25) is 11.0 Å². The molecule has 8 heteroatoms. The van der Waals surface area contributed by atoms with Crippen molar-refractivity contribution in [3.8, 4) is 0 Å². The Balaban J connectivity index is 1.72. The van der Waals surface area contributed by atoms with Crippen LogP contribution in [-0.2, 0) is 16.1 Å². The lowest BCUT2D eigenvalue weighted by Crippen LogP contribution is -2.11. The number of carbonyl (C=O) groups excluding carboxylic acids is 1. The van der Waals surface area contributed by atoms with Crippen LogP contribution in [0.4, 0.5) is 5.13 Å². The topological polar surface area (TPSA) is 64.1 Å². The van der Waals surface area contributed by atoms with Gasteiger partial charge in [-0.2, -0.15) is 0 Å². The summed E-state index contributed by atoms with van der Waals surface area (Å²) in [6.45, 7) is 0.403. The van der Waals surface area contributed by atoms with E-state index in [1.54, 1.807) is 18.9 Å². The molecule has 0 saturated carbocycles. The predicted octanol–water partition coefficient (Wildman–Crippen LogP) is 3.46. The second-order valence-electron chi connectivity index (χ2n) is 4.03. The molecule has 112 valence electrons. The molecule has 2 rings (SSSR count). The molecule has 0 aliphatic rings. The van der Waals surface area contributed by atoms with Crippen LogP contribution in [0.1, 0.15) is 11.4 Å². The van der Waals surface area contributed by atoms with Crippen molar-refractivity contribution in [1.29, 1.82) is 0 Å². The van der Waals surface area contributed by atoms with Gasteiger partial charge in [0.1, 0.15) is 11.6 Å². The minimum atomic E-state index is -0.0726. The Hall–Kier alpha value is -1.15. The van der Waals surface area contributed by atoms with E-state index in [2.05, 4.69) is 15.5 Å². The van der Waals surface area contributed by atoms with Gasteiger partial charge < -0.3 is 10.1 Å². The van der Waals surface area contributed by atoms with E-state index in [-0.39, 0.29) is 5.91 Å². The maximum Gasteiger partial charge on any atom is 0.227 e. The van der Waals surface area contributed by atoms with Crippen molar-refractivity contribution in [3.05, 3.63) is 34.3 Å². The summed E-state index contributed by atoms with van der Waals surface area (Å²) in [5.41, 5.74) is 0. The van der Waals surface area contributed by atoms with Crippen LogP contribution in [0, 0.1) is 0 Å². The maximum atomic E-state index is 11.8. The lowest BCUT2D eigenvalue weighted by Gasteiger charge is -2.02. The Morgan fingerprint density at radius 1 is 1.38 bits per heavy atom. The molecule has 0 fully saturated rings. The number of halogens is 1. The lowest BCUT2D eigenvalue weighted by molar-refractivity contribution is -0.115. The average Bonchev–Trinajstić information content (AvgIpc) is 2.89. The molecule has 0 radical (unpaired) electrons. The Labute approximate surface area is 136 Å². The van der Waals surface area contributed by atoms with Crippen LogP contribution in [0.5, 0.6) is 0 Å². The number of nitrogens with one attached hydrogen (secondary N) is 1. The number of anilines is 1. The number of ether oxygens (including phenoxy) is 1. The molecule has 2 aromatic rings. The van der Waals surface area contributed by atoms with Gasteiger partial charge in [0, 0.05) is 29.2 Å². The van der Waals surface area contributed by atoms with Crippen LogP contribution in [0.2, 0.25) is 5.02 Å². The highest BCUT2D eigenvalue weighted by Gasteiger charge is 2.08. The first-order chi connectivity index (χ1) is 10.2. The first-order valence-electron chi connectivity index (χ1n) is 6.17. The van der Waals surface area contributed by atoms with Gasteiger partial charge in [-0.1, -0.05) is 22.9 Å². The Morgan fingerprint density at radius 3 is 2.86 bits per heavy atom. The number of thioether (sulfide) groups is 1. The molecular formula is C13H14ClN3O2S2. The number of amides is 1. The third kappa shape index (κ3) is 5.62. The third-order valence-electron chi connectivity index (χ3n) is 2.39. The second kappa shape index (κ2) is 8.33. The largest absolute Gasteiger partial charge is 0.377 e. The van der Waals surface area contributed by atoms with Crippen molar-refractivity contribution in [3.63, 3.8) is 0 Å². The molecule has 5 nitrogen and oxygen atoms in total. The molecule has 1 amide bonds. The fourth-order valence-corrected chi connectivity index (χ4v) is 3.17. The highest BCUT2D eigenvalue weighted by Crippen LogP contribution is 2.21. The first-order valence-corrected chi connectivity index (χ1v) is 8.35. The van der Waals surface area contributed by atoms with E-state index >= 15 is 0 Å². The standard InChI is InChI=1S/C13H14ClN3O2S2/c1-19-8-12-16-17-13(21-12)15-11(18)6-7-20-10-4-2-9(14)3-5-10/h2-5H,6-8H2,1H3,(H,15,17,18). The minimum Gasteiger partial charge on any atom is -0.377 e. The van der Waals surface area contributed by atoms with E-state index < -0.39 is 0 Å². The number of hydrogen-bond donors (Lipinski definition) is 1. The highest BCUT2D eigenvalue weighted by atomic mass is 35.5. The number of hydrogen-bond acceptors (Lipinski definition) is 6. The number of methoxy groups -OCH3 is 1. The average molecular weight is 344 g/mol. The summed E-state index contributed by atoms with van der Waals surface area (Å²) in [6, 6.07) is 7.55. The van der Waals surface area contributed by atoms with E-state index in [0.29, 0.717) is 28.9 Å². The van der Waals surface area contributed by atoms with E-state index in [9.17, 15) is 4.79 Å². The van der Waals surface area contributed by atoms with E-state index in [4.69, 9.17) is 16.3 Å². The first kappa shape index (κ1) is 16.2. The van der Waals surface area contributed by atoms with Crippen molar-refractivity contribution < 1.29 is 9.53 Å². The summed E-state index contributed by atoms with van der Waals surface area (Å²) in [6.07, 6.45) is 0.409. The fourth-order valence-electron chi connectivity index (χ4n) is 1.46. The van der Waals surface area contributed by atoms with Crippen molar-refractivity contribution >= 4 is 45.7 Å². The summed E-state index contributed by atoms with van der Waals surface area (Å²) in [4.78, 5) is 12.9. The van der Waals surface area contributed by atoms with Crippen LogP contribution < -0.4 is 5.32 Å². The monoisotopic (exact) mass is 343 g/mol. The summed E-state index contributed by atoms with van der Waals surface area (Å²) in [5, 5.41) is 12.5. The predicted molar refractivity (Wildman–Crippen MR) is 86.0 cm³/mol. The van der Waals surface area contributed by atoms with Gasteiger partial charge in [0.05, 0.1) is 0 Å². The molecule has 0 atom stereocenters. The number of benzene rings is 1. The quantitative estimate of drug-likeness (QED) is 0.780. The Bertz CT molecular complexity index is 589. The zero-order chi connectivity index (χ0) is 15.1. The van der Waals surface area contributed by atoms with Gasteiger partial charge in [-0.3, -0.25) is 4.79 Å². The van der Waals surface area contributed by atoms with E-state index in [1.807, 2.05) is 24.3 Å². The van der Waals surface area contributed by atoms with Gasteiger partial charge in [0.25, 0.3) is 0 Å². The SMILES string of the molecule is COCc1nnc(NC(=O)CCSc2ccc(Cl)cc2)s1. The Kier molecular flexibility index (Phi) is 6.44. The van der Waals surface area contributed by atoms with Crippen molar-refractivity contribution in [2.24, 2.45) is 0 Å². The van der Waals surface area contributed by atoms with E-state index in [0.717, 1.165) is 9.90 Å². The maximum absolute atomic E-state index is 11.8. The molecule has 0 aliphatic carbocycles. The molecule has 1 aromatic carbocycles. The van der Waals surface area contributed by atoms with Crippen molar-refractivity contribution in [2.75, 3.05) is 18.2 Å². The zero-order valence-electron chi connectivity index (χ0n) is 11.3. The smallest absolute Gasteiger partial charge is 0.227 e. The van der Waals surface area contributed by atoms with Crippen LogP contribution in [-0.4, -0.2) is 29.0 Å². The number of carbonyl (C=O) groups is 1. The van der Waals surface area contributed by atoms with Crippen LogP contribution >= 0.6 is 34.7 Å². The molecule has 1 aromatic heterocycles. The van der Waals surface area contributed by atoms with Crippen molar-refractivity contribution in [1.82, 2.24) is 10.2 Å². The second-order valence-corrected chi connectivity index (χ2v) is 6.70. The minimum absolute atomic E-state index is 0.0726. The number of nitrogens with zero attached hydrogens (tertiary/aromatic N) is 2. The van der Waals surface area contributed by atoms with Gasteiger partial charge in [-0.25, -0.2) is 0 Å². The van der Waals surface area contributed by atoms with Gasteiger partial charge >= 0.3 is 0 Å². The molecule has 1 N–H and O–H groups in total.